The number of esters is 1. The molecule has 5 heteroatoms. The van der Waals surface area contributed by atoms with Gasteiger partial charge in [0.05, 0.1) is 25.0 Å². The molecule has 0 atom stereocenters. The molecule has 2 rings (SSSR count). The van der Waals surface area contributed by atoms with Gasteiger partial charge in [0.2, 0.25) is 0 Å². The third-order valence-electron chi connectivity index (χ3n) is 2.32. The molecular weight excluding hydrogens is 199 g/mol. The number of halogens is 1. The Labute approximate surface area is 85.3 Å². The van der Waals surface area contributed by atoms with Crippen LogP contribution in [0.2, 0.25) is 0 Å². The van der Waals surface area contributed by atoms with Crippen molar-refractivity contribution < 1.29 is 13.9 Å². The van der Waals surface area contributed by atoms with Crippen molar-refractivity contribution in [2.75, 3.05) is 7.11 Å². The highest BCUT2D eigenvalue weighted by Gasteiger charge is 2.15. The Morgan fingerprint density at radius 3 is 2.87 bits per heavy atom. The lowest BCUT2D eigenvalue weighted by atomic mass is 10.3. The zero-order valence-corrected chi connectivity index (χ0v) is 8.32. The second-order valence-corrected chi connectivity index (χ2v) is 3.13. The van der Waals surface area contributed by atoms with Crippen LogP contribution in [0.1, 0.15) is 10.5 Å². The van der Waals surface area contributed by atoms with Crippen LogP contribution < -0.4 is 0 Å². The lowest BCUT2D eigenvalue weighted by Gasteiger charge is -2.00. The maximum atomic E-state index is 13.3. The fraction of sp³-hybridized carbons (Fsp3) is 0.200. The zero-order valence-electron chi connectivity index (χ0n) is 8.32. The maximum Gasteiger partial charge on any atom is 0.354 e. The van der Waals surface area contributed by atoms with E-state index in [0.717, 1.165) is 6.20 Å². The number of ether oxygens (including phenoxy) is 1. The molecule has 0 aliphatic heterocycles. The number of rotatable bonds is 1. The Hall–Kier alpha value is -1.91. The summed E-state index contributed by atoms with van der Waals surface area (Å²) in [6.45, 7) is 0. The SMILES string of the molecule is COC(=O)c1cc2c(F)cncc2n1C. The van der Waals surface area contributed by atoms with Crippen molar-refractivity contribution in [1.82, 2.24) is 9.55 Å². The molecule has 0 bridgehead atoms. The summed E-state index contributed by atoms with van der Waals surface area (Å²) in [6, 6.07) is 1.46. The van der Waals surface area contributed by atoms with E-state index in [1.807, 2.05) is 0 Å². The second-order valence-electron chi connectivity index (χ2n) is 3.13. The van der Waals surface area contributed by atoms with Gasteiger partial charge < -0.3 is 9.30 Å². The first-order valence-electron chi connectivity index (χ1n) is 4.32. The number of carbonyl (C=O) groups is 1. The third kappa shape index (κ3) is 1.36. The Morgan fingerprint density at radius 2 is 2.27 bits per heavy atom. The molecule has 0 amide bonds. The van der Waals surface area contributed by atoms with E-state index in [9.17, 15) is 9.18 Å². The Morgan fingerprint density at radius 1 is 1.53 bits per heavy atom. The summed E-state index contributed by atoms with van der Waals surface area (Å²) in [5.41, 5.74) is 0.870. The van der Waals surface area contributed by atoms with Crippen LogP contribution in [-0.4, -0.2) is 22.6 Å². The molecule has 0 aliphatic carbocycles. The van der Waals surface area contributed by atoms with Crippen molar-refractivity contribution in [3.05, 3.63) is 30.0 Å². The van der Waals surface area contributed by atoms with E-state index in [1.165, 1.54) is 19.4 Å². The molecule has 0 unspecified atom stereocenters. The van der Waals surface area contributed by atoms with Crippen LogP contribution in [-0.2, 0) is 11.8 Å². The van der Waals surface area contributed by atoms with Crippen LogP contribution >= 0.6 is 0 Å². The van der Waals surface area contributed by atoms with Gasteiger partial charge in [-0.2, -0.15) is 0 Å². The minimum atomic E-state index is -0.492. The van der Waals surface area contributed by atoms with Gasteiger partial charge in [-0.05, 0) is 6.07 Å². The summed E-state index contributed by atoms with van der Waals surface area (Å²) >= 11 is 0. The van der Waals surface area contributed by atoms with Crippen LogP contribution in [0.3, 0.4) is 0 Å². The van der Waals surface area contributed by atoms with Gasteiger partial charge in [0, 0.05) is 12.4 Å². The molecule has 0 aliphatic rings. The molecule has 78 valence electrons. The van der Waals surface area contributed by atoms with Gasteiger partial charge in [-0.1, -0.05) is 0 Å². The molecule has 15 heavy (non-hydrogen) atoms. The molecule has 2 heterocycles. The van der Waals surface area contributed by atoms with E-state index in [-0.39, 0.29) is 0 Å². The summed E-state index contributed by atoms with van der Waals surface area (Å²) in [6.07, 6.45) is 2.62. The van der Waals surface area contributed by atoms with Gasteiger partial charge >= 0.3 is 5.97 Å². The largest absolute Gasteiger partial charge is 0.464 e. The molecule has 2 aromatic heterocycles. The van der Waals surface area contributed by atoms with E-state index in [1.54, 1.807) is 11.6 Å². The molecule has 0 N–H and O–H groups in total. The Bertz CT molecular complexity index is 533. The van der Waals surface area contributed by atoms with Crippen molar-refractivity contribution >= 4 is 16.9 Å². The summed E-state index contributed by atoms with van der Waals surface area (Å²) < 4.78 is 19.5. The topological polar surface area (TPSA) is 44.1 Å². The molecular formula is C10H9FN2O2. The predicted octanol–water partition coefficient (Wildman–Crippen LogP) is 1.50. The third-order valence-corrected chi connectivity index (χ3v) is 2.32. The number of hydrogen-bond donors (Lipinski definition) is 0. The fourth-order valence-corrected chi connectivity index (χ4v) is 1.51. The average molecular weight is 208 g/mol. The monoisotopic (exact) mass is 208 g/mol. The minimum absolute atomic E-state index is 0.305. The fourth-order valence-electron chi connectivity index (χ4n) is 1.51. The van der Waals surface area contributed by atoms with E-state index >= 15 is 0 Å². The number of aromatic nitrogens is 2. The van der Waals surface area contributed by atoms with Crippen molar-refractivity contribution in [3.8, 4) is 0 Å². The second kappa shape index (κ2) is 3.34. The molecule has 0 fully saturated rings. The van der Waals surface area contributed by atoms with Crippen LogP contribution in [0, 0.1) is 5.82 Å². The Balaban J connectivity index is 2.75. The predicted molar refractivity (Wildman–Crippen MR) is 52.0 cm³/mol. The van der Waals surface area contributed by atoms with Gasteiger partial charge in [0.15, 0.2) is 5.82 Å². The van der Waals surface area contributed by atoms with Gasteiger partial charge in [0.25, 0.3) is 0 Å². The molecule has 0 spiro atoms. The van der Waals surface area contributed by atoms with Crippen molar-refractivity contribution in [2.45, 2.75) is 0 Å². The number of aryl methyl sites for hydroxylation is 1. The molecule has 0 radical (unpaired) electrons. The number of methoxy groups -OCH3 is 1. The van der Waals surface area contributed by atoms with Gasteiger partial charge in [0.1, 0.15) is 5.69 Å². The summed E-state index contributed by atoms with van der Waals surface area (Å²) in [5.74, 6) is -0.939. The number of fused-ring (bicyclic) bond motifs is 1. The van der Waals surface area contributed by atoms with Crippen LogP contribution in [0.25, 0.3) is 10.9 Å². The smallest absolute Gasteiger partial charge is 0.354 e. The van der Waals surface area contributed by atoms with Crippen LogP contribution in [0.5, 0.6) is 0 Å². The highest BCUT2D eigenvalue weighted by molar-refractivity contribution is 5.95. The van der Waals surface area contributed by atoms with Crippen LogP contribution in [0.4, 0.5) is 4.39 Å². The lowest BCUT2D eigenvalue weighted by molar-refractivity contribution is 0.0590. The maximum absolute atomic E-state index is 13.3. The van der Waals surface area contributed by atoms with E-state index in [2.05, 4.69) is 9.72 Å². The van der Waals surface area contributed by atoms with Gasteiger partial charge in [-0.25, -0.2) is 9.18 Å². The molecule has 0 aromatic carbocycles. The van der Waals surface area contributed by atoms with Crippen molar-refractivity contribution in [3.63, 3.8) is 0 Å². The van der Waals surface area contributed by atoms with Crippen LogP contribution in [0.15, 0.2) is 18.5 Å². The normalized spacial score (nSPS) is 10.6. The highest BCUT2D eigenvalue weighted by Crippen LogP contribution is 2.20. The number of hydrogen-bond acceptors (Lipinski definition) is 3. The quantitative estimate of drug-likeness (QED) is 0.667. The number of carbonyl (C=O) groups excluding carboxylic acids is 1. The van der Waals surface area contributed by atoms with Gasteiger partial charge in [-0.15, -0.1) is 0 Å². The molecule has 0 saturated heterocycles. The summed E-state index contributed by atoms with van der Waals surface area (Å²) in [5, 5.41) is 0.368. The summed E-state index contributed by atoms with van der Waals surface area (Å²) in [7, 11) is 2.95. The number of pyridine rings is 1. The average Bonchev–Trinajstić information content (AvgIpc) is 2.57. The van der Waals surface area contributed by atoms with Crippen molar-refractivity contribution in [2.24, 2.45) is 7.05 Å². The van der Waals surface area contributed by atoms with E-state index < -0.39 is 11.8 Å². The van der Waals surface area contributed by atoms with E-state index in [4.69, 9.17) is 0 Å². The molecule has 4 nitrogen and oxygen atoms in total. The molecule has 2 aromatic rings. The zero-order chi connectivity index (χ0) is 11.0. The molecule has 0 saturated carbocycles. The van der Waals surface area contributed by atoms with Gasteiger partial charge in [-0.3, -0.25) is 4.98 Å². The Kier molecular flexibility index (Phi) is 2.15. The van der Waals surface area contributed by atoms with E-state index in [0.29, 0.717) is 16.6 Å². The van der Waals surface area contributed by atoms with Crippen molar-refractivity contribution in [1.29, 1.82) is 0 Å². The summed E-state index contributed by atoms with van der Waals surface area (Å²) in [4.78, 5) is 15.1. The standard InChI is InChI=1S/C10H9FN2O2/c1-13-8(10(14)15-2)3-6-7(11)4-12-5-9(6)13/h3-5H,1-2H3. The lowest BCUT2D eigenvalue weighted by Crippen LogP contribution is -2.06. The highest BCUT2D eigenvalue weighted by atomic mass is 19.1. The number of nitrogens with zero attached hydrogens (tertiary/aromatic N) is 2. The first kappa shape index (κ1) is 9.64. The minimum Gasteiger partial charge on any atom is -0.464 e. The first-order valence-corrected chi connectivity index (χ1v) is 4.32. The first-order chi connectivity index (χ1) is 7.15.